The molecule has 2 aromatic rings. The number of nitrogens with zero attached hydrogens (tertiary/aromatic N) is 2. The largest absolute Gasteiger partial charge is 0.464 e. The first-order valence-corrected chi connectivity index (χ1v) is 7.91. The van der Waals surface area contributed by atoms with E-state index in [9.17, 15) is 0 Å². The maximum absolute atomic E-state index is 5.62. The number of aromatic nitrogens is 1. The van der Waals surface area contributed by atoms with Crippen LogP contribution in [0.15, 0.2) is 27.7 Å². The molecule has 1 atom stereocenters. The summed E-state index contributed by atoms with van der Waals surface area (Å²) in [5.74, 6) is 2.55. The fourth-order valence-corrected chi connectivity index (χ4v) is 2.71. The van der Waals surface area contributed by atoms with E-state index in [1.54, 1.807) is 18.4 Å². The van der Waals surface area contributed by atoms with Gasteiger partial charge < -0.3 is 15.1 Å². The highest BCUT2D eigenvalue weighted by molar-refractivity contribution is 14.0. The molecule has 5 nitrogen and oxygen atoms in total. The van der Waals surface area contributed by atoms with E-state index in [2.05, 4.69) is 27.5 Å². The lowest BCUT2D eigenvalue weighted by Crippen LogP contribution is -2.38. The molecular formula is C15H23IN4OS. The van der Waals surface area contributed by atoms with Crippen LogP contribution in [0.4, 0.5) is 0 Å². The summed E-state index contributed by atoms with van der Waals surface area (Å²) in [5.41, 5.74) is 0. The van der Waals surface area contributed by atoms with Crippen molar-refractivity contribution in [1.82, 2.24) is 15.6 Å². The van der Waals surface area contributed by atoms with E-state index in [0.717, 1.165) is 28.9 Å². The minimum absolute atomic E-state index is 0. The molecule has 0 saturated heterocycles. The highest BCUT2D eigenvalue weighted by Crippen LogP contribution is 2.15. The van der Waals surface area contributed by atoms with Crippen LogP contribution in [0.5, 0.6) is 0 Å². The van der Waals surface area contributed by atoms with Crippen LogP contribution in [0, 0.1) is 6.92 Å². The highest BCUT2D eigenvalue weighted by atomic mass is 127. The first-order chi connectivity index (χ1) is 10.1. The number of furan rings is 1. The number of thiazole rings is 1. The van der Waals surface area contributed by atoms with Gasteiger partial charge in [-0.15, -0.1) is 35.3 Å². The number of guanidine groups is 1. The lowest BCUT2D eigenvalue weighted by Gasteiger charge is -2.15. The van der Waals surface area contributed by atoms with Gasteiger partial charge in [0.1, 0.15) is 16.5 Å². The van der Waals surface area contributed by atoms with Gasteiger partial charge in [-0.1, -0.05) is 6.92 Å². The van der Waals surface area contributed by atoms with E-state index in [1.807, 2.05) is 32.2 Å². The predicted octanol–water partition coefficient (Wildman–Crippen LogP) is 3.65. The van der Waals surface area contributed by atoms with Crippen molar-refractivity contribution in [2.45, 2.75) is 39.8 Å². The Labute approximate surface area is 152 Å². The Morgan fingerprint density at radius 3 is 2.77 bits per heavy atom. The predicted molar refractivity (Wildman–Crippen MR) is 102 cm³/mol. The van der Waals surface area contributed by atoms with Gasteiger partial charge >= 0.3 is 0 Å². The number of hydrogen-bond donors (Lipinski definition) is 2. The first-order valence-electron chi connectivity index (χ1n) is 7.09. The van der Waals surface area contributed by atoms with Crippen molar-refractivity contribution in [1.29, 1.82) is 0 Å². The topological polar surface area (TPSA) is 62.5 Å². The van der Waals surface area contributed by atoms with E-state index in [0.29, 0.717) is 6.54 Å². The zero-order valence-electron chi connectivity index (χ0n) is 13.3. The summed E-state index contributed by atoms with van der Waals surface area (Å²) < 4.78 is 5.62. The third-order valence-corrected chi connectivity index (χ3v) is 4.26. The standard InChI is InChI=1S/C15H22N4OS.HI/c1-5-12-8-17-14(21-12)9-18-15(16-4)19-11(3)13-7-6-10(2)20-13;/h6-8,11H,5,9H2,1-4H3,(H2,16,18,19);1H. The van der Waals surface area contributed by atoms with Crippen molar-refractivity contribution < 1.29 is 4.42 Å². The molecule has 1 unspecified atom stereocenters. The third-order valence-electron chi connectivity index (χ3n) is 3.12. The van der Waals surface area contributed by atoms with Crippen LogP contribution in [-0.2, 0) is 13.0 Å². The lowest BCUT2D eigenvalue weighted by molar-refractivity contribution is 0.441. The number of aliphatic imine (C=N–C) groups is 1. The van der Waals surface area contributed by atoms with Gasteiger partial charge in [0.2, 0.25) is 0 Å². The van der Waals surface area contributed by atoms with Crippen molar-refractivity contribution in [3.8, 4) is 0 Å². The van der Waals surface area contributed by atoms with Crippen LogP contribution in [0.1, 0.15) is 41.3 Å². The Balaban J connectivity index is 0.00000242. The average molecular weight is 434 g/mol. The van der Waals surface area contributed by atoms with Crippen molar-refractivity contribution in [3.63, 3.8) is 0 Å². The zero-order valence-corrected chi connectivity index (χ0v) is 16.5. The number of nitrogens with one attached hydrogen (secondary N) is 2. The fraction of sp³-hybridized carbons (Fsp3) is 0.467. The SMILES string of the molecule is CCc1cnc(CNC(=NC)NC(C)c2ccc(C)o2)s1.I. The Kier molecular flexibility index (Phi) is 7.88. The average Bonchev–Trinajstić information content (AvgIpc) is 3.11. The monoisotopic (exact) mass is 434 g/mol. The van der Waals surface area contributed by atoms with Crippen LogP contribution in [0.3, 0.4) is 0 Å². The highest BCUT2D eigenvalue weighted by Gasteiger charge is 2.11. The van der Waals surface area contributed by atoms with Crippen LogP contribution in [0.25, 0.3) is 0 Å². The van der Waals surface area contributed by atoms with Crippen molar-refractivity contribution in [2.75, 3.05) is 7.05 Å². The molecule has 122 valence electrons. The molecule has 0 amide bonds. The molecule has 0 saturated carbocycles. The number of rotatable bonds is 5. The maximum Gasteiger partial charge on any atom is 0.191 e. The summed E-state index contributed by atoms with van der Waals surface area (Å²) >= 11 is 1.73. The Morgan fingerprint density at radius 2 is 2.23 bits per heavy atom. The fourth-order valence-electron chi connectivity index (χ4n) is 1.91. The summed E-state index contributed by atoms with van der Waals surface area (Å²) in [7, 11) is 1.76. The molecule has 0 aromatic carbocycles. The van der Waals surface area contributed by atoms with E-state index >= 15 is 0 Å². The van der Waals surface area contributed by atoms with Gasteiger partial charge in [-0.3, -0.25) is 4.99 Å². The third kappa shape index (κ3) is 5.28. The molecule has 0 aliphatic rings. The van der Waals surface area contributed by atoms with E-state index < -0.39 is 0 Å². The minimum Gasteiger partial charge on any atom is -0.464 e. The summed E-state index contributed by atoms with van der Waals surface area (Å²) in [6, 6.07) is 4.01. The molecule has 0 bridgehead atoms. The van der Waals surface area contributed by atoms with Gasteiger partial charge in [0.15, 0.2) is 5.96 Å². The molecule has 2 aromatic heterocycles. The smallest absolute Gasteiger partial charge is 0.191 e. The molecule has 2 N–H and O–H groups in total. The zero-order chi connectivity index (χ0) is 15.2. The number of hydrogen-bond acceptors (Lipinski definition) is 4. The van der Waals surface area contributed by atoms with Gasteiger partial charge in [-0.05, 0) is 32.4 Å². The van der Waals surface area contributed by atoms with Crippen molar-refractivity contribution in [3.05, 3.63) is 39.7 Å². The molecule has 2 rings (SSSR count). The Hall–Kier alpha value is -1.09. The van der Waals surface area contributed by atoms with Gasteiger partial charge in [0.05, 0.1) is 12.6 Å². The quantitative estimate of drug-likeness (QED) is 0.429. The van der Waals surface area contributed by atoms with Crippen LogP contribution < -0.4 is 10.6 Å². The molecule has 2 heterocycles. The summed E-state index contributed by atoms with van der Waals surface area (Å²) in [4.78, 5) is 9.92. The summed E-state index contributed by atoms with van der Waals surface area (Å²) in [6.45, 7) is 6.80. The molecule has 7 heteroatoms. The molecule has 22 heavy (non-hydrogen) atoms. The Bertz CT molecular complexity index is 608. The second kappa shape index (κ2) is 9.14. The molecule has 0 fully saturated rings. The van der Waals surface area contributed by atoms with Gasteiger partial charge in [0, 0.05) is 18.1 Å². The summed E-state index contributed by atoms with van der Waals surface area (Å²) in [5, 5.41) is 7.65. The normalized spacial score (nSPS) is 12.6. The molecule has 0 radical (unpaired) electrons. The van der Waals surface area contributed by atoms with E-state index in [-0.39, 0.29) is 30.0 Å². The molecule has 0 aliphatic heterocycles. The first kappa shape index (κ1) is 19.0. The van der Waals surface area contributed by atoms with Gasteiger partial charge in [0.25, 0.3) is 0 Å². The van der Waals surface area contributed by atoms with Crippen molar-refractivity contribution in [2.24, 2.45) is 4.99 Å². The number of aryl methyl sites for hydroxylation is 2. The Morgan fingerprint density at radius 1 is 1.45 bits per heavy atom. The van der Waals surface area contributed by atoms with Crippen molar-refractivity contribution >= 4 is 41.3 Å². The molecule has 0 spiro atoms. The van der Waals surface area contributed by atoms with Crippen LogP contribution in [0.2, 0.25) is 0 Å². The molecule has 0 aliphatic carbocycles. The van der Waals surface area contributed by atoms with Crippen LogP contribution in [-0.4, -0.2) is 18.0 Å². The van der Waals surface area contributed by atoms with E-state index in [1.165, 1.54) is 4.88 Å². The van der Waals surface area contributed by atoms with Gasteiger partial charge in [-0.2, -0.15) is 0 Å². The summed E-state index contributed by atoms with van der Waals surface area (Å²) in [6.07, 6.45) is 2.96. The maximum atomic E-state index is 5.62. The van der Waals surface area contributed by atoms with E-state index in [4.69, 9.17) is 4.42 Å². The molecular weight excluding hydrogens is 411 g/mol. The minimum atomic E-state index is 0. The van der Waals surface area contributed by atoms with Crippen LogP contribution >= 0.6 is 35.3 Å². The lowest BCUT2D eigenvalue weighted by atomic mass is 10.2. The second-order valence-corrected chi connectivity index (χ2v) is 6.01. The second-order valence-electron chi connectivity index (χ2n) is 4.81. The number of halogens is 1. The van der Waals surface area contributed by atoms with Gasteiger partial charge in [-0.25, -0.2) is 4.98 Å².